The molecule has 2 amide bonds. The number of nitrogens with zero attached hydrogens (tertiary/aromatic N) is 1. The van der Waals surface area contributed by atoms with E-state index in [4.69, 9.17) is 0 Å². The van der Waals surface area contributed by atoms with Gasteiger partial charge in [0.1, 0.15) is 0 Å². The monoisotopic (exact) mass is 411 g/mol. The maximum Gasteiger partial charge on any atom is 0.329 e. The SMILES string of the molecule is O=C(NS/C=C/C1CCCN1C1CCCC1)Nc1c2c(cc3c1CCC3)CCC2. The van der Waals surface area contributed by atoms with Crippen LogP contribution in [-0.4, -0.2) is 29.6 Å². The topological polar surface area (TPSA) is 44.4 Å². The van der Waals surface area contributed by atoms with Crippen LogP contribution < -0.4 is 10.0 Å². The number of anilines is 1. The molecule has 3 aliphatic carbocycles. The standard InChI is InChI=1S/C24H33N3OS/c28-24(25-23-21-11-3-6-17(21)16-18-7-4-12-22(18)23)26-29-15-13-20-10-5-14-27(20)19-8-1-2-9-19/h13,15-16,19-20H,1-12,14H2,(H2,25,26,28)/b15-13+. The Kier molecular flexibility index (Phi) is 5.87. The van der Waals surface area contributed by atoms with Gasteiger partial charge in [-0.15, -0.1) is 0 Å². The average molecular weight is 412 g/mol. The fourth-order valence-corrected chi connectivity index (χ4v) is 6.52. The summed E-state index contributed by atoms with van der Waals surface area (Å²) in [7, 11) is 0. The van der Waals surface area contributed by atoms with Crippen molar-refractivity contribution in [3.63, 3.8) is 0 Å². The van der Waals surface area contributed by atoms with E-state index in [2.05, 4.69) is 32.5 Å². The van der Waals surface area contributed by atoms with Crippen LogP contribution in [0.15, 0.2) is 17.6 Å². The van der Waals surface area contributed by atoms with Crippen LogP contribution in [0.1, 0.15) is 73.6 Å². The molecular weight excluding hydrogens is 378 g/mol. The molecule has 2 N–H and O–H groups in total. The Labute approximate surface area is 179 Å². The van der Waals surface area contributed by atoms with Crippen molar-refractivity contribution in [2.45, 2.75) is 89.1 Å². The zero-order chi connectivity index (χ0) is 19.6. The summed E-state index contributed by atoms with van der Waals surface area (Å²) in [5.74, 6) is 0. The van der Waals surface area contributed by atoms with Crippen LogP contribution in [0, 0.1) is 0 Å². The van der Waals surface area contributed by atoms with Crippen LogP contribution in [-0.2, 0) is 25.7 Å². The van der Waals surface area contributed by atoms with E-state index in [-0.39, 0.29) is 6.03 Å². The lowest BCUT2D eigenvalue weighted by molar-refractivity contribution is 0.209. The first kappa shape index (κ1) is 19.5. The van der Waals surface area contributed by atoms with Crippen LogP contribution in [0.5, 0.6) is 0 Å². The van der Waals surface area contributed by atoms with E-state index >= 15 is 0 Å². The number of carbonyl (C=O) groups is 1. The molecule has 1 aromatic carbocycles. The number of nitrogens with one attached hydrogen (secondary N) is 2. The van der Waals surface area contributed by atoms with Crippen LogP contribution in [0.4, 0.5) is 10.5 Å². The zero-order valence-electron chi connectivity index (χ0n) is 17.3. The van der Waals surface area contributed by atoms with E-state index in [9.17, 15) is 4.79 Å². The third-order valence-electron chi connectivity index (χ3n) is 7.37. The number of urea groups is 1. The van der Waals surface area contributed by atoms with Gasteiger partial charge in [0.2, 0.25) is 0 Å². The predicted octanol–water partition coefficient (Wildman–Crippen LogP) is 5.35. The van der Waals surface area contributed by atoms with Crippen molar-refractivity contribution in [1.82, 2.24) is 9.62 Å². The molecule has 1 unspecified atom stereocenters. The lowest BCUT2D eigenvalue weighted by atomic mass is 9.99. The lowest BCUT2D eigenvalue weighted by Crippen LogP contribution is -2.36. The second kappa shape index (κ2) is 8.73. The molecule has 29 heavy (non-hydrogen) atoms. The molecule has 5 heteroatoms. The molecule has 1 aliphatic heterocycles. The number of likely N-dealkylation sites (tertiary alicyclic amines) is 1. The fraction of sp³-hybridized carbons (Fsp3) is 0.625. The fourth-order valence-electron chi connectivity index (χ4n) is 6.03. The maximum atomic E-state index is 12.6. The number of benzene rings is 1. The summed E-state index contributed by atoms with van der Waals surface area (Å²) in [4.78, 5) is 15.3. The van der Waals surface area contributed by atoms with E-state index in [1.54, 1.807) is 0 Å². The van der Waals surface area contributed by atoms with Gasteiger partial charge in [0.15, 0.2) is 0 Å². The summed E-state index contributed by atoms with van der Waals surface area (Å²) in [5, 5.41) is 5.29. The Morgan fingerprint density at radius 2 is 1.69 bits per heavy atom. The second-order valence-corrected chi connectivity index (χ2v) is 9.83. The number of fused-ring (bicyclic) bond motifs is 2. The molecule has 1 saturated heterocycles. The molecule has 0 spiro atoms. The molecule has 4 aliphatic rings. The second-order valence-electron chi connectivity index (χ2n) is 9.12. The van der Waals surface area contributed by atoms with Gasteiger partial charge in [-0.3, -0.25) is 9.62 Å². The summed E-state index contributed by atoms with van der Waals surface area (Å²) >= 11 is 1.41. The van der Waals surface area contributed by atoms with E-state index in [0.717, 1.165) is 37.4 Å². The average Bonchev–Trinajstić information content (AvgIpc) is 3.51. The van der Waals surface area contributed by atoms with E-state index in [1.807, 2.05) is 0 Å². The molecule has 0 bridgehead atoms. The Balaban J connectivity index is 1.17. The van der Waals surface area contributed by atoms with Gasteiger partial charge in [-0.2, -0.15) is 0 Å². The summed E-state index contributed by atoms with van der Waals surface area (Å²) in [6.07, 6.45) is 17.3. The minimum Gasteiger partial charge on any atom is -0.307 e. The number of amides is 2. The highest BCUT2D eigenvalue weighted by Crippen LogP contribution is 2.38. The minimum absolute atomic E-state index is 0.0897. The van der Waals surface area contributed by atoms with Gasteiger partial charge in [-0.05, 0) is 110 Å². The van der Waals surface area contributed by atoms with Crippen molar-refractivity contribution in [3.8, 4) is 0 Å². The van der Waals surface area contributed by atoms with Crippen molar-refractivity contribution < 1.29 is 4.79 Å². The number of aryl methyl sites for hydroxylation is 2. The molecule has 1 saturated carbocycles. The molecular formula is C24H33N3OS. The highest BCUT2D eigenvalue weighted by molar-refractivity contribution is 8.00. The van der Waals surface area contributed by atoms with Gasteiger partial charge in [0.05, 0.1) is 0 Å². The quantitative estimate of drug-likeness (QED) is 0.642. The molecule has 2 fully saturated rings. The number of hydrogen-bond acceptors (Lipinski definition) is 3. The summed E-state index contributed by atoms with van der Waals surface area (Å²) in [6.45, 7) is 1.24. The molecule has 0 aromatic heterocycles. The number of rotatable bonds is 5. The third kappa shape index (κ3) is 4.09. The largest absolute Gasteiger partial charge is 0.329 e. The minimum atomic E-state index is -0.0897. The van der Waals surface area contributed by atoms with Gasteiger partial charge in [0, 0.05) is 17.8 Å². The van der Waals surface area contributed by atoms with Crippen molar-refractivity contribution in [1.29, 1.82) is 0 Å². The van der Waals surface area contributed by atoms with Crippen LogP contribution in [0.3, 0.4) is 0 Å². The Bertz CT molecular complexity index is 768. The van der Waals surface area contributed by atoms with E-state index in [0.29, 0.717) is 6.04 Å². The predicted molar refractivity (Wildman–Crippen MR) is 121 cm³/mol. The van der Waals surface area contributed by atoms with Gasteiger partial charge in [-0.1, -0.05) is 25.0 Å². The highest BCUT2D eigenvalue weighted by Gasteiger charge is 2.30. The number of carbonyl (C=O) groups excluding carboxylic acids is 1. The first-order valence-corrected chi connectivity index (χ1v) is 12.5. The molecule has 1 heterocycles. The lowest BCUT2D eigenvalue weighted by Gasteiger charge is -2.28. The molecule has 0 radical (unpaired) electrons. The Morgan fingerprint density at radius 1 is 0.966 bits per heavy atom. The summed E-state index contributed by atoms with van der Waals surface area (Å²) in [6, 6.07) is 3.66. The van der Waals surface area contributed by atoms with Crippen LogP contribution in [0.25, 0.3) is 0 Å². The highest BCUT2D eigenvalue weighted by atomic mass is 32.2. The molecule has 4 nitrogen and oxygen atoms in total. The first-order chi connectivity index (χ1) is 14.3. The van der Waals surface area contributed by atoms with Crippen molar-refractivity contribution in [2.75, 3.05) is 11.9 Å². The molecule has 5 rings (SSSR count). The van der Waals surface area contributed by atoms with Gasteiger partial charge in [0.25, 0.3) is 0 Å². The normalized spacial score (nSPS) is 24.3. The van der Waals surface area contributed by atoms with Crippen molar-refractivity contribution in [2.24, 2.45) is 0 Å². The maximum absolute atomic E-state index is 12.6. The number of hydrogen-bond donors (Lipinski definition) is 2. The van der Waals surface area contributed by atoms with Crippen molar-refractivity contribution in [3.05, 3.63) is 39.8 Å². The van der Waals surface area contributed by atoms with Crippen molar-refractivity contribution >= 4 is 23.7 Å². The van der Waals surface area contributed by atoms with Gasteiger partial charge >= 0.3 is 6.03 Å². The smallest absolute Gasteiger partial charge is 0.307 e. The molecule has 1 aromatic rings. The molecule has 156 valence electrons. The van der Waals surface area contributed by atoms with Crippen LogP contribution in [0.2, 0.25) is 0 Å². The van der Waals surface area contributed by atoms with Crippen LogP contribution >= 0.6 is 11.9 Å². The zero-order valence-corrected chi connectivity index (χ0v) is 18.2. The van der Waals surface area contributed by atoms with E-state index in [1.165, 1.54) is 92.1 Å². The Hall–Kier alpha value is -1.46. The summed E-state index contributed by atoms with van der Waals surface area (Å²) < 4.78 is 2.98. The molecule has 1 atom stereocenters. The third-order valence-corrected chi connectivity index (χ3v) is 7.96. The first-order valence-electron chi connectivity index (χ1n) is 11.6. The Morgan fingerprint density at radius 3 is 2.41 bits per heavy atom. The van der Waals surface area contributed by atoms with Gasteiger partial charge in [-0.25, -0.2) is 4.79 Å². The summed E-state index contributed by atoms with van der Waals surface area (Å²) in [5.41, 5.74) is 6.82. The van der Waals surface area contributed by atoms with E-state index < -0.39 is 0 Å². The van der Waals surface area contributed by atoms with Gasteiger partial charge < -0.3 is 5.32 Å².